The van der Waals surface area contributed by atoms with Gasteiger partial charge in [-0.1, -0.05) is 11.2 Å². The van der Waals surface area contributed by atoms with E-state index in [9.17, 15) is 13.6 Å². The summed E-state index contributed by atoms with van der Waals surface area (Å²) < 4.78 is 33.8. The van der Waals surface area contributed by atoms with E-state index in [4.69, 9.17) is 4.52 Å². The summed E-state index contributed by atoms with van der Waals surface area (Å²) in [4.78, 5) is 15.4. The van der Waals surface area contributed by atoms with Crippen LogP contribution in [0.4, 0.5) is 8.78 Å². The molecular formula is C26H32F2N6O2. The topological polar surface area (TPSA) is 79.4 Å². The fraction of sp³-hybridized carbons (Fsp3) is 0.577. The summed E-state index contributed by atoms with van der Waals surface area (Å²) in [7, 11) is 1.86. The average Bonchev–Trinajstić information content (AvgIpc) is 3.24. The van der Waals surface area contributed by atoms with Crippen LogP contribution in [0.3, 0.4) is 0 Å². The number of fused-ring (bicyclic) bond motifs is 2. The number of amides is 1. The van der Waals surface area contributed by atoms with Gasteiger partial charge in [0.15, 0.2) is 0 Å². The zero-order valence-electron chi connectivity index (χ0n) is 20.7. The zero-order valence-corrected chi connectivity index (χ0v) is 20.7. The van der Waals surface area contributed by atoms with E-state index in [1.807, 2.05) is 36.5 Å². The lowest BCUT2D eigenvalue weighted by molar-refractivity contribution is -0.0105. The number of carbonyl (C=O) groups is 1. The molecule has 1 aromatic carbocycles. The van der Waals surface area contributed by atoms with Gasteiger partial charge < -0.3 is 9.42 Å². The normalized spacial score (nSPS) is 25.4. The molecule has 6 rings (SSSR count). The van der Waals surface area contributed by atoms with E-state index >= 15 is 0 Å². The number of hydrogen-bond acceptors (Lipinski definition) is 6. The van der Waals surface area contributed by atoms with Crippen molar-refractivity contribution in [1.29, 1.82) is 0 Å². The zero-order chi connectivity index (χ0) is 25.1. The highest BCUT2D eigenvalue weighted by Crippen LogP contribution is 2.59. The SMILES string of the molecule is Cn1cc2c(C(=O)NN3CCC(CCN4C[C@@H]5C[C@]5(c5cc(C(C)(F)F)on5)C4)CC3)cccc2n1. The molecule has 4 heterocycles. The number of benzene rings is 1. The molecular weight excluding hydrogens is 466 g/mol. The van der Waals surface area contributed by atoms with Crippen LogP contribution < -0.4 is 5.43 Å². The van der Waals surface area contributed by atoms with Crippen LogP contribution in [0.25, 0.3) is 10.9 Å². The number of likely N-dealkylation sites (tertiary alicyclic amines) is 1. The standard InChI is InChI=1S/C26H32F2N6O2/c1-25(27,28)23-12-22(31-36-23)26-13-18(26)14-33(16-26)9-6-17-7-10-34(11-8-17)30-24(35)19-4-3-5-21-20(19)15-32(2)29-21/h3-5,12,15,17-18H,6-11,13-14,16H2,1-2H3,(H,30,35)/t18-,26-/m0/s1. The average molecular weight is 499 g/mol. The Hall–Kier alpha value is -2.85. The first kappa shape index (κ1) is 23.5. The Bertz CT molecular complexity index is 1270. The number of aryl methyl sites for hydroxylation is 1. The summed E-state index contributed by atoms with van der Waals surface area (Å²) in [6.45, 7) is 5.39. The molecule has 1 amide bonds. The number of piperidine rings is 2. The molecule has 2 saturated heterocycles. The van der Waals surface area contributed by atoms with Crippen LogP contribution >= 0.6 is 0 Å². The monoisotopic (exact) mass is 498 g/mol. The molecule has 2 aromatic heterocycles. The van der Waals surface area contributed by atoms with Gasteiger partial charge >= 0.3 is 5.92 Å². The van der Waals surface area contributed by atoms with Crippen molar-refractivity contribution >= 4 is 16.8 Å². The molecule has 0 unspecified atom stereocenters. The van der Waals surface area contributed by atoms with E-state index in [-0.39, 0.29) is 17.1 Å². The molecule has 3 aliphatic rings. The van der Waals surface area contributed by atoms with Gasteiger partial charge in [0.1, 0.15) is 0 Å². The number of alkyl halides is 2. The Balaban J connectivity index is 0.972. The maximum atomic E-state index is 13.6. The van der Waals surface area contributed by atoms with Gasteiger partial charge in [-0.25, -0.2) is 5.01 Å². The highest BCUT2D eigenvalue weighted by atomic mass is 19.3. The minimum Gasteiger partial charge on any atom is -0.355 e. The number of hydrazine groups is 1. The van der Waals surface area contributed by atoms with Gasteiger partial charge in [-0.2, -0.15) is 13.9 Å². The van der Waals surface area contributed by atoms with Crippen molar-refractivity contribution in [2.24, 2.45) is 18.9 Å². The summed E-state index contributed by atoms with van der Waals surface area (Å²) in [5.74, 6) is -2.32. The van der Waals surface area contributed by atoms with Crippen LogP contribution in [-0.2, 0) is 18.4 Å². The highest BCUT2D eigenvalue weighted by Gasteiger charge is 2.62. The molecule has 2 atom stereocenters. The molecule has 1 aliphatic carbocycles. The second kappa shape index (κ2) is 8.62. The number of nitrogens with one attached hydrogen (secondary N) is 1. The summed E-state index contributed by atoms with van der Waals surface area (Å²) in [5.41, 5.74) is 5.13. The van der Waals surface area contributed by atoms with Crippen LogP contribution in [0.5, 0.6) is 0 Å². The third-order valence-electron chi connectivity index (χ3n) is 8.31. The number of carbonyl (C=O) groups excluding carboxylic acids is 1. The van der Waals surface area contributed by atoms with Crippen LogP contribution in [0.2, 0.25) is 0 Å². The maximum Gasteiger partial charge on any atom is 0.304 e. The summed E-state index contributed by atoms with van der Waals surface area (Å²) >= 11 is 0. The molecule has 0 spiro atoms. The van der Waals surface area contributed by atoms with Gasteiger partial charge in [0.2, 0.25) is 5.76 Å². The van der Waals surface area contributed by atoms with E-state index < -0.39 is 5.92 Å². The number of nitrogens with zero attached hydrogens (tertiary/aromatic N) is 5. The maximum absolute atomic E-state index is 13.6. The second-order valence-corrected chi connectivity index (χ2v) is 11.0. The van der Waals surface area contributed by atoms with Crippen molar-refractivity contribution in [3.8, 4) is 0 Å². The Morgan fingerprint density at radius 3 is 2.86 bits per heavy atom. The van der Waals surface area contributed by atoms with Crippen molar-refractivity contribution in [3.63, 3.8) is 0 Å². The molecule has 10 heteroatoms. The molecule has 0 bridgehead atoms. The molecule has 36 heavy (non-hydrogen) atoms. The van der Waals surface area contributed by atoms with Gasteiger partial charge in [0.05, 0.1) is 16.8 Å². The van der Waals surface area contributed by atoms with Crippen LogP contribution in [0, 0.1) is 11.8 Å². The van der Waals surface area contributed by atoms with Gasteiger partial charge in [0, 0.05) is 63.2 Å². The first-order valence-electron chi connectivity index (χ1n) is 12.8. The van der Waals surface area contributed by atoms with E-state index in [1.54, 1.807) is 4.68 Å². The number of aromatic nitrogens is 3. The second-order valence-electron chi connectivity index (χ2n) is 11.0. The van der Waals surface area contributed by atoms with Crippen molar-refractivity contribution in [2.45, 2.75) is 43.9 Å². The smallest absolute Gasteiger partial charge is 0.304 e. The fourth-order valence-corrected chi connectivity index (χ4v) is 6.13. The van der Waals surface area contributed by atoms with Crippen molar-refractivity contribution in [1.82, 2.24) is 30.3 Å². The lowest BCUT2D eigenvalue weighted by Crippen LogP contribution is -2.47. The Kier molecular flexibility index (Phi) is 5.64. The lowest BCUT2D eigenvalue weighted by atomic mass is 9.94. The molecule has 1 saturated carbocycles. The van der Waals surface area contributed by atoms with Gasteiger partial charge in [-0.15, -0.1) is 0 Å². The van der Waals surface area contributed by atoms with Crippen LogP contribution in [0.15, 0.2) is 35.0 Å². The Morgan fingerprint density at radius 2 is 2.11 bits per heavy atom. The largest absolute Gasteiger partial charge is 0.355 e. The van der Waals surface area contributed by atoms with Crippen LogP contribution in [-0.4, -0.2) is 63.5 Å². The molecule has 0 radical (unpaired) electrons. The molecule has 3 aromatic rings. The summed E-state index contributed by atoms with van der Waals surface area (Å²) in [6.07, 6.45) is 6.08. The first-order valence-corrected chi connectivity index (χ1v) is 12.8. The van der Waals surface area contributed by atoms with Gasteiger partial charge in [-0.05, 0) is 56.2 Å². The lowest BCUT2D eigenvalue weighted by Gasteiger charge is -2.33. The molecule has 192 valence electrons. The Labute approximate surface area is 208 Å². The predicted molar refractivity (Wildman–Crippen MR) is 129 cm³/mol. The van der Waals surface area contributed by atoms with E-state index in [0.29, 0.717) is 23.1 Å². The Morgan fingerprint density at radius 1 is 1.31 bits per heavy atom. The molecule has 3 fully saturated rings. The molecule has 8 nitrogen and oxygen atoms in total. The molecule has 1 N–H and O–H groups in total. The van der Waals surface area contributed by atoms with E-state index in [0.717, 1.165) is 76.2 Å². The van der Waals surface area contributed by atoms with Crippen molar-refractivity contribution in [2.75, 3.05) is 32.7 Å². The quantitative estimate of drug-likeness (QED) is 0.535. The third kappa shape index (κ3) is 4.30. The number of rotatable bonds is 7. The van der Waals surface area contributed by atoms with Gasteiger partial charge in [-0.3, -0.25) is 14.9 Å². The van der Waals surface area contributed by atoms with Crippen molar-refractivity contribution in [3.05, 3.63) is 47.5 Å². The predicted octanol–water partition coefficient (Wildman–Crippen LogP) is 3.69. The number of hydrogen-bond donors (Lipinski definition) is 1. The van der Waals surface area contributed by atoms with Gasteiger partial charge in [0.25, 0.3) is 5.91 Å². The minimum absolute atomic E-state index is 0.0921. The number of halogens is 2. The van der Waals surface area contributed by atoms with E-state index in [1.165, 1.54) is 6.07 Å². The molecule has 2 aliphatic heterocycles. The van der Waals surface area contributed by atoms with Crippen LogP contribution in [0.1, 0.15) is 54.4 Å². The fourth-order valence-electron chi connectivity index (χ4n) is 6.13. The van der Waals surface area contributed by atoms with E-state index in [2.05, 4.69) is 20.6 Å². The minimum atomic E-state index is -3.00. The highest BCUT2D eigenvalue weighted by molar-refractivity contribution is 6.05. The van der Waals surface area contributed by atoms with Crippen molar-refractivity contribution < 1.29 is 18.1 Å². The first-order chi connectivity index (χ1) is 17.2. The third-order valence-corrected chi connectivity index (χ3v) is 8.31. The summed E-state index contributed by atoms with van der Waals surface area (Å²) in [6, 6.07) is 7.08. The summed E-state index contributed by atoms with van der Waals surface area (Å²) in [5, 5.41) is 11.3.